The van der Waals surface area contributed by atoms with Crippen molar-refractivity contribution >= 4 is 5.97 Å². The van der Waals surface area contributed by atoms with Crippen LogP contribution in [0.5, 0.6) is 23.0 Å². The molecule has 0 unspecified atom stereocenters. The average Bonchev–Trinajstić information content (AvgIpc) is 2.82. The van der Waals surface area contributed by atoms with Crippen LogP contribution < -0.4 is 14.2 Å². The van der Waals surface area contributed by atoms with E-state index in [1.54, 1.807) is 12.1 Å². The number of carboxylic acid groups (broad SMARTS) is 1. The van der Waals surface area contributed by atoms with E-state index >= 15 is 0 Å². The minimum Gasteiger partial charge on any atom is -0.489 e. The maximum absolute atomic E-state index is 11.1. The van der Waals surface area contributed by atoms with Crippen LogP contribution in [0.1, 0.15) is 5.56 Å². The Labute approximate surface area is 187 Å². The predicted molar refractivity (Wildman–Crippen MR) is 122 cm³/mol. The molecule has 0 saturated carbocycles. The Morgan fingerprint density at radius 1 is 0.812 bits per heavy atom. The van der Waals surface area contributed by atoms with E-state index in [-0.39, 0.29) is 0 Å². The van der Waals surface area contributed by atoms with Crippen LogP contribution in [0.2, 0.25) is 0 Å². The third-order valence-electron chi connectivity index (χ3n) is 4.59. The molecule has 0 saturated heterocycles. The van der Waals surface area contributed by atoms with Crippen LogP contribution in [0.25, 0.3) is 0 Å². The largest absolute Gasteiger partial charge is 0.489 e. The molecule has 1 N–H and O–H groups in total. The molecule has 0 radical (unpaired) electrons. The van der Waals surface area contributed by atoms with E-state index in [2.05, 4.69) is 6.58 Å². The molecule has 1 atom stereocenters. The first-order valence-electron chi connectivity index (χ1n) is 10.1. The first kappa shape index (κ1) is 22.9. The summed E-state index contributed by atoms with van der Waals surface area (Å²) in [5, 5.41) is 9.06. The van der Waals surface area contributed by atoms with Crippen LogP contribution in [0.4, 0.5) is 0 Å². The van der Waals surface area contributed by atoms with E-state index in [0.29, 0.717) is 31.1 Å². The molecule has 32 heavy (non-hydrogen) atoms. The number of para-hydroxylation sites is 1. The molecule has 0 bridgehead atoms. The zero-order chi connectivity index (χ0) is 22.8. The van der Waals surface area contributed by atoms with Crippen molar-refractivity contribution in [2.45, 2.75) is 12.5 Å². The van der Waals surface area contributed by atoms with Crippen LogP contribution in [0, 0.1) is 0 Å². The summed E-state index contributed by atoms with van der Waals surface area (Å²) >= 11 is 0. The van der Waals surface area contributed by atoms with Gasteiger partial charge in [-0.2, -0.15) is 0 Å². The van der Waals surface area contributed by atoms with Gasteiger partial charge in [0.15, 0.2) is 6.10 Å². The van der Waals surface area contributed by atoms with Gasteiger partial charge in [0.05, 0.1) is 0 Å². The molecule has 6 nitrogen and oxygen atoms in total. The van der Waals surface area contributed by atoms with E-state index in [9.17, 15) is 4.79 Å². The molecule has 0 aliphatic rings. The Hall–Kier alpha value is -3.77. The number of rotatable bonds is 12. The van der Waals surface area contributed by atoms with E-state index in [0.717, 1.165) is 22.6 Å². The molecule has 0 aliphatic carbocycles. The van der Waals surface area contributed by atoms with Gasteiger partial charge in [0.25, 0.3) is 0 Å². The molecule has 0 fully saturated rings. The first-order valence-corrected chi connectivity index (χ1v) is 10.1. The van der Waals surface area contributed by atoms with Crippen molar-refractivity contribution in [2.24, 2.45) is 0 Å². The van der Waals surface area contributed by atoms with Crippen LogP contribution in [-0.2, 0) is 16.0 Å². The monoisotopic (exact) mass is 434 g/mol. The molecule has 0 amide bonds. The van der Waals surface area contributed by atoms with E-state index in [1.807, 2.05) is 66.7 Å². The van der Waals surface area contributed by atoms with Crippen molar-refractivity contribution in [3.05, 3.63) is 96.6 Å². The number of carboxylic acids is 1. The van der Waals surface area contributed by atoms with Gasteiger partial charge in [-0.1, -0.05) is 36.9 Å². The Bertz CT molecular complexity index is 997. The van der Waals surface area contributed by atoms with Crippen LogP contribution in [0.3, 0.4) is 0 Å². The molecule has 6 heteroatoms. The molecule has 3 aromatic rings. The molecular formula is C26H26O6. The normalized spacial score (nSPS) is 11.4. The van der Waals surface area contributed by atoms with Gasteiger partial charge in [-0.3, -0.25) is 0 Å². The minimum absolute atomic E-state index is 0.293. The van der Waals surface area contributed by atoms with Crippen LogP contribution in [-0.4, -0.2) is 37.5 Å². The fourth-order valence-electron chi connectivity index (χ4n) is 2.85. The van der Waals surface area contributed by atoms with Gasteiger partial charge in [0.2, 0.25) is 0 Å². The van der Waals surface area contributed by atoms with Crippen molar-refractivity contribution in [1.29, 1.82) is 0 Å². The van der Waals surface area contributed by atoms with Gasteiger partial charge in [-0.25, -0.2) is 4.79 Å². The lowest BCUT2D eigenvalue weighted by atomic mass is 10.1. The van der Waals surface area contributed by atoms with E-state index < -0.39 is 12.1 Å². The fourth-order valence-corrected chi connectivity index (χ4v) is 2.85. The Kier molecular flexibility index (Phi) is 8.29. The molecule has 0 heterocycles. The van der Waals surface area contributed by atoms with E-state index in [4.69, 9.17) is 24.1 Å². The molecule has 0 aromatic heterocycles. The summed E-state index contributed by atoms with van der Waals surface area (Å²) in [4.78, 5) is 11.1. The summed E-state index contributed by atoms with van der Waals surface area (Å²) < 4.78 is 22.2. The van der Waals surface area contributed by atoms with Gasteiger partial charge < -0.3 is 24.1 Å². The van der Waals surface area contributed by atoms with E-state index in [1.165, 1.54) is 7.11 Å². The number of hydrogen-bond donors (Lipinski definition) is 1. The topological polar surface area (TPSA) is 74.2 Å². The van der Waals surface area contributed by atoms with Gasteiger partial charge in [0, 0.05) is 13.5 Å². The highest BCUT2D eigenvalue weighted by Gasteiger charge is 2.16. The standard InChI is InChI=1S/C26H26O6/c1-19(17-30-21-10-8-20(9-11-21)16-25(29-2)26(27)28)18-31-22-12-14-24(15-13-22)32-23-6-4-3-5-7-23/h3-15,25H,1,16-18H2,2H3,(H,27,28)/t25-/m0/s1. The molecule has 166 valence electrons. The third kappa shape index (κ3) is 7.18. The van der Waals surface area contributed by atoms with Crippen molar-refractivity contribution in [2.75, 3.05) is 20.3 Å². The molecule has 0 spiro atoms. The van der Waals surface area contributed by atoms with Crippen LogP contribution in [0.15, 0.2) is 91.0 Å². The second kappa shape index (κ2) is 11.6. The minimum atomic E-state index is -0.984. The number of carbonyl (C=O) groups is 1. The zero-order valence-corrected chi connectivity index (χ0v) is 17.9. The molecular weight excluding hydrogens is 408 g/mol. The number of aliphatic carboxylic acids is 1. The van der Waals surface area contributed by atoms with Crippen LogP contribution >= 0.6 is 0 Å². The lowest BCUT2D eigenvalue weighted by Crippen LogP contribution is -2.24. The van der Waals surface area contributed by atoms with Crippen molar-refractivity contribution in [1.82, 2.24) is 0 Å². The maximum atomic E-state index is 11.1. The molecule has 3 aromatic carbocycles. The molecule has 3 rings (SSSR count). The van der Waals surface area contributed by atoms with Gasteiger partial charge >= 0.3 is 5.97 Å². The highest BCUT2D eigenvalue weighted by molar-refractivity contribution is 5.72. The second-order valence-electron chi connectivity index (χ2n) is 7.12. The van der Waals surface area contributed by atoms with Gasteiger partial charge in [-0.15, -0.1) is 0 Å². The number of hydrogen-bond acceptors (Lipinski definition) is 5. The summed E-state index contributed by atoms with van der Waals surface area (Å²) in [5.74, 6) is 1.90. The zero-order valence-electron chi connectivity index (χ0n) is 17.9. The summed E-state index contributed by atoms with van der Waals surface area (Å²) in [5.41, 5.74) is 1.64. The Morgan fingerprint density at radius 3 is 1.84 bits per heavy atom. The fraction of sp³-hybridized carbons (Fsp3) is 0.192. The summed E-state index contributed by atoms with van der Waals surface area (Å²) in [6, 6.07) is 24.2. The lowest BCUT2D eigenvalue weighted by molar-refractivity contribution is -0.148. The van der Waals surface area contributed by atoms with Crippen molar-refractivity contribution < 1.29 is 28.8 Å². The summed E-state index contributed by atoms with van der Waals surface area (Å²) in [6.07, 6.45) is -0.570. The highest BCUT2D eigenvalue weighted by Crippen LogP contribution is 2.23. The number of methoxy groups -OCH3 is 1. The average molecular weight is 434 g/mol. The predicted octanol–water partition coefficient (Wildman–Crippen LogP) is 5.14. The quantitative estimate of drug-likeness (QED) is 0.398. The third-order valence-corrected chi connectivity index (χ3v) is 4.59. The number of benzene rings is 3. The summed E-state index contributed by atoms with van der Waals surface area (Å²) in [6.45, 7) is 4.62. The number of ether oxygens (including phenoxy) is 4. The van der Waals surface area contributed by atoms with Crippen molar-refractivity contribution in [3.63, 3.8) is 0 Å². The van der Waals surface area contributed by atoms with Crippen molar-refractivity contribution in [3.8, 4) is 23.0 Å². The molecule has 0 aliphatic heterocycles. The maximum Gasteiger partial charge on any atom is 0.333 e. The lowest BCUT2D eigenvalue weighted by Gasteiger charge is -2.13. The Balaban J connectivity index is 1.41. The highest BCUT2D eigenvalue weighted by atomic mass is 16.5. The smallest absolute Gasteiger partial charge is 0.333 e. The first-order chi connectivity index (χ1) is 15.5. The Morgan fingerprint density at radius 2 is 1.31 bits per heavy atom. The second-order valence-corrected chi connectivity index (χ2v) is 7.12. The SMILES string of the molecule is C=C(COc1ccc(C[C@H](OC)C(=O)O)cc1)COc1ccc(Oc2ccccc2)cc1. The van der Waals surface area contributed by atoms with Gasteiger partial charge in [0.1, 0.15) is 36.2 Å². The summed E-state index contributed by atoms with van der Waals surface area (Å²) in [7, 11) is 1.39. The van der Waals surface area contributed by atoms with Gasteiger partial charge in [-0.05, 0) is 59.7 Å².